The number of rotatable bonds is 7. The van der Waals surface area contributed by atoms with Crippen LogP contribution < -0.4 is 0 Å². The average Bonchev–Trinajstić information content (AvgIpc) is 2.93. The van der Waals surface area contributed by atoms with Crippen LogP contribution in [0.5, 0.6) is 0 Å². The molecule has 2 aromatic heterocycles. The highest BCUT2D eigenvalue weighted by molar-refractivity contribution is 5.73. The topological polar surface area (TPSA) is 93.8 Å². The van der Waals surface area contributed by atoms with E-state index in [1.54, 1.807) is 24.0 Å². The number of nitrogens with zero attached hydrogens (tertiary/aromatic N) is 5. The van der Waals surface area contributed by atoms with Crippen LogP contribution in [0.25, 0.3) is 0 Å². The zero-order valence-electron chi connectivity index (χ0n) is 12.2. The Hall–Kier alpha value is -2.31. The molecule has 0 aliphatic rings. The van der Waals surface area contributed by atoms with Crippen molar-refractivity contribution >= 4 is 5.97 Å². The third-order valence-electron chi connectivity index (χ3n) is 3.79. The van der Waals surface area contributed by atoms with E-state index in [2.05, 4.69) is 20.5 Å². The summed E-state index contributed by atoms with van der Waals surface area (Å²) in [6.07, 6.45) is 5.47. The van der Waals surface area contributed by atoms with Gasteiger partial charge < -0.3 is 5.11 Å². The molecular formula is C14H19N5O2. The molecule has 0 aliphatic heterocycles. The Morgan fingerprint density at radius 1 is 1.33 bits per heavy atom. The van der Waals surface area contributed by atoms with E-state index in [9.17, 15) is 9.90 Å². The number of tetrazole rings is 1. The first-order valence-corrected chi connectivity index (χ1v) is 6.92. The van der Waals surface area contributed by atoms with Crippen molar-refractivity contribution < 1.29 is 9.90 Å². The lowest BCUT2D eigenvalue weighted by molar-refractivity contribution is -0.149. The van der Waals surface area contributed by atoms with E-state index in [4.69, 9.17) is 0 Å². The lowest BCUT2D eigenvalue weighted by Gasteiger charge is -2.22. The van der Waals surface area contributed by atoms with Gasteiger partial charge in [0, 0.05) is 18.8 Å². The molecule has 0 amide bonds. The van der Waals surface area contributed by atoms with E-state index >= 15 is 0 Å². The van der Waals surface area contributed by atoms with Gasteiger partial charge in [-0.3, -0.25) is 9.78 Å². The summed E-state index contributed by atoms with van der Waals surface area (Å²) in [7, 11) is 0. The number of carboxylic acid groups (broad SMARTS) is 1. The summed E-state index contributed by atoms with van der Waals surface area (Å²) in [6.45, 7) is 3.84. The molecule has 0 saturated heterocycles. The van der Waals surface area contributed by atoms with Crippen LogP contribution in [-0.4, -0.2) is 36.3 Å². The lowest BCUT2D eigenvalue weighted by Crippen LogP contribution is -2.33. The maximum atomic E-state index is 11.4. The van der Waals surface area contributed by atoms with Crippen LogP contribution in [0.1, 0.15) is 31.7 Å². The second-order valence-electron chi connectivity index (χ2n) is 5.33. The highest BCUT2D eigenvalue weighted by atomic mass is 16.4. The van der Waals surface area contributed by atoms with Gasteiger partial charge in [0.1, 0.15) is 0 Å². The van der Waals surface area contributed by atoms with Crippen LogP contribution in [-0.2, 0) is 24.2 Å². The number of pyridine rings is 1. The Balaban J connectivity index is 2.07. The highest BCUT2D eigenvalue weighted by Crippen LogP contribution is 2.24. The zero-order chi connectivity index (χ0) is 15.3. The maximum absolute atomic E-state index is 11.4. The van der Waals surface area contributed by atoms with Gasteiger partial charge in [-0.2, -0.15) is 0 Å². The Morgan fingerprint density at radius 3 is 2.67 bits per heavy atom. The van der Waals surface area contributed by atoms with Gasteiger partial charge in [-0.15, -0.1) is 5.10 Å². The van der Waals surface area contributed by atoms with Gasteiger partial charge in [0.15, 0.2) is 5.82 Å². The van der Waals surface area contributed by atoms with E-state index in [1.807, 2.05) is 19.1 Å². The SMILES string of the molecule is CCC(C)(Cn1nnnc1CCc1ccncc1)C(=O)O. The normalized spacial score (nSPS) is 13.8. The number of aromatic nitrogens is 5. The second kappa shape index (κ2) is 6.43. The molecule has 0 saturated carbocycles. The van der Waals surface area contributed by atoms with Crippen LogP contribution in [0.15, 0.2) is 24.5 Å². The molecule has 0 aromatic carbocycles. The maximum Gasteiger partial charge on any atom is 0.311 e. The Labute approximate surface area is 123 Å². The van der Waals surface area contributed by atoms with E-state index in [0.717, 1.165) is 12.0 Å². The molecule has 2 rings (SSSR count). The molecule has 2 heterocycles. The van der Waals surface area contributed by atoms with Crippen LogP contribution in [0, 0.1) is 5.41 Å². The summed E-state index contributed by atoms with van der Waals surface area (Å²) in [6, 6.07) is 3.89. The van der Waals surface area contributed by atoms with Crippen molar-refractivity contribution in [3.05, 3.63) is 35.9 Å². The predicted molar refractivity (Wildman–Crippen MR) is 75.5 cm³/mol. The van der Waals surface area contributed by atoms with Gasteiger partial charge in [-0.25, -0.2) is 4.68 Å². The monoisotopic (exact) mass is 289 g/mol. The second-order valence-corrected chi connectivity index (χ2v) is 5.33. The smallest absolute Gasteiger partial charge is 0.311 e. The first kappa shape index (κ1) is 15.1. The molecule has 0 bridgehead atoms. The summed E-state index contributed by atoms with van der Waals surface area (Å²) in [4.78, 5) is 15.4. The Morgan fingerprint density at radius 2 is 2.05 bits per heavy atom. The van der Waals surface area contributed by atoms with Crippen molar-refractivity contribution in [1.82, 2.24) is 25.2 Å². The van der Waals surface area contributed by atoms with Crippen molar-refractivity contribution in [3.8, 4) is 0 Å². The molecule has 112 valence electrons. The Kier molecular flexibility index (Phi) is 4.62. The van der Waals surface area contributed by atoms with Crippen molar-refractivity contribution in [1.29, 1.82) is 0 Å². The molecule has 0 spiro atoms. The Bertz CT molecular complexity index is 598. The molecule has 0 aliphatic carbocycles. The largest absolute Gasteiger partial charge is 0.481 e. The first-order valence-electron chi connectivity index (χ1n) is 6.92. The van der Waals surface area contributed by atoms with Crippen LogP contribution in [0.4, 0.5) is 0 Å². The summed E-state index contributed by atoms with van der Waals surface area (Å²) in [5.74, 6) is -0.131. The highest BCUT2D eigenvalue weighted by Gasteiger charge is 2.32. The number of aryl methyl sites for hydroxylation is 2. The average molecular weight is 289 g/mol. The molecular weight excluding hydrogens is 270 g/mol. The van der Waals surface area contributed by atoms with Gasteiger partial charge in [0.25, 0.3) is 0 Å². The predicted octanol–water partition coefficient (Wildman–Crippen LogP) is 1.35. The number of hydrogen-bond donors (Lipinski definition) is 1. The van der Waals surface area contributed by atoms with Crippen LogP contribution in [0.3, 0.4) is 0 Å². The standard InChI is InChI=1S/C14H19N5O2/c1-3-14(2,13(20)21)10-19-12(16-17-18-19)5-4-11-6-8-15-9-7-11/h6-9H,3-5,10H2,1-2H3,(H,20,21). The minimum Gasteiger partial charge on any atom is -0.481 e. The number of carbonyl (C=O) groups is 1. The third-order valence-corrected chi connectivity index (χ3v) is 3.79. The van der Waals surface area contributed by atoms with Crippen molar-refractivity contribution in [2.75, 3.05) is 0 Å². The summed E-state index contributed by atoms with van der Waals surface area (Å²) in [5, 5.41) is 20.9. The van der Waals surface area contributed by atoms with E-state index in [0.29, 0.717) is 18.7 Å². The molecule has 0 radical (unpaired) electrons. The fourth-order valence-corrected chi connectivity index (χ4v) is 1.99. The quantitative estimate of drug-likeness (QED) is 0.827. The first-order chi connectivity index (χ1) is 10.0. The van der Waals surface area contributed by atoms with Gasteiger partial charge in [0.05, 0.1) is 12.0 Å². The molecule has 7 heteroatoms. The number of hydrogen-bond acceptors (Lipinski definition) is 5. The van der Waals surface area contributed by atoms with Gasteiger partial charge in [0.2, 0.25) is 0 Å². The molecule has 7 nitrogen and oxygen atoms in total. The molecule has 1 N–H and O–H groups in total. The van der Waals surface area contributed by atoms with E-state index in [-0.39, 0.29) is 6.54 Å². The summed E-state index contributed by atoms with van der Waals surface area (Å²) in [5.41, 5.74) is 0.289. The van der Waals surface area contributed by atoms with E-state index in [1.165, 1.54) is 0 Å². The fourth-order valence-electron chi connectivity index (χ4n) is 1.99. The summed E-state index contributed by atoms with van der Waals surface area (Å²) >= 11 is 0. The molecule has 21 heavy (non-hydrogen) atoms. The van der Waals surface area contributed by atoms with Crippen molar-refractivity contribution in [2.24, 2.45) is 5.41 Å². The lowest BCUT2D eigenvalue weighted by atomic mass is 9.88. The van der Waals surface area contributed by atoms with Crippen LogP contribution in [0.2, 0.25) is 0 Å². The van der Waals surface area contributed by atoms with Gasteiger partial charge in [-0.1, -0.05) is 6.92 Å². The van der Waals surface area contributed by atoms with Gasteiger partial charge in [-0.05, 0) is 47.9 Å². The molecule has 1 unspecified atom stereocenters. The minimum atomic E-state index is -0.860. The summed E-state index contributed by atoms with van der Waals surface area (Å²) < 4.78 is 1.60. The van der Waals surface area contributed by atoms with Crippen LogP contribution >= 0.6 is 0 Å². The van der Waals surface area contributed by atoms with E-state index < -0.39 is 11.4 Å². The van der Waals surface area contributed by atoms with Crippen molar-refractivity contribution in [2.45, 2.75) is 39.7 Å². The fraction of sp³-hybridized carbons (Fsp3) is 0.500. The molecule has 2 aromatic rings. The molecule has 0 fully saturated rings. The van der Waals surface area contributed by atoms with Crippen molar-refractivity contribution in [3.63, 3.8) is 0 Å². The number of aliphatic carboxylic acids is 1. The van der Waals surface area contributed by atoms with Gasteiger partial charge >= 0.3 is 5.97 Å². The number of carboxylic acids is 1. The third kappa shape index (κ3) is 3.62. The molecule has 1 atom stereocenters. The minimum absolute atomic E-state index is 0.275. The zero-order valence-corrected chi connectivity index (χ0v) is 12.2.